The molecule has 0 bridgehead atoms. The van der Waals surface area contributed by atoms with Gasteiger partial charge in [-0.3, -0.25) is 9.59 Å². The molecule has 0 saturated carbocycles. The Morgan fingerprint density at radius 2 is 1.96 bits per heavy atom. The van der Waals surface area contributed by atoms with Crippen LogP contribution in [-0.2, 0) is 14.3 Å². The minimum atomic E-state index is -0.120. The number of carbonyl (C=O) groups is 2. The van der Waals surface area contributed by atoms with Crippen LogP contribution in [0.1, 0.15) is 59.8 Å². The zero-order chi connectivity index (χ0) is 17.7. The van der Waals surface area contributed by atoms with E-state index in [1.807, 2.05) is 17.9 Å². The van der Waals surface area contributed by atoms with Crippen LogP contribution >= 0.6 is 0 Å². The second kappa shape index (κ2) is 8.00. The average molecular weight is 333 g/mol. The minimum Gasteiger partial charge on any atom is -0.466 e. The first-order valence-electron chi connectivity index (χ1n) is 9.19. The standard InChI is InChI=1S/C20H31NO3/c1-5-24-19(23)16-10-13-21(14-11-16)18(22)9-8-17-15(2)7-6-12-20(17,3)4/h8-9,16H,5-7,10-14H2,1-4H3. The lowest BCUT2D eigenvalue weighted by molar-refractivity contribution is -0.150. The lowest BCUT2D eigenvalue weighted by atomic mass is 9.72. The Bertz CT molecular complexity index is 537. The molecule has 0 aromatic heterocycles. The third-order valence-corrected chi connectivity index (χ3v) is 5.36. The highest BCUT2D eigenvalue weighted by Gasteiger charge is 2.29. The molecular formula is C20H31NO3. The van der Waals surface area contributed by atoms with Crippen molar-refractivity contribution in [1.29, 1.82) is 0 Å². The molecule has 0 unspecified atom stereocenters. The van der Waals surface area contributed by atoms with Gasteiger partial charge in [0.1, 0.15) is 0 Å². The Labute approximate surface area is 145 Å². The quantitative estimate of drug-likeness (QED) is 0.579. The predicted octanol–water partition coefficient (Wildman–Crippen LogP) is 3.87. The normalized spacial score (nSPS) is 22.1. The van der Waals surface area contributed by atoms with Gasteiger partial charge in [0, 0.05) is 19.2 Å². The van der Waals surface area contributed by atoms with E-state index < -0.39 is 0 Å². The van der Waals surface area contributed by atoms with E-state index in [2.05, 4.69) is 20.8 Å². The Kier molecular flexibility index (Phi) is 6.25. The van der Waals surface area contributed by atoms with Crippen molar-refractivity contribution in [3.8, 4) is 0 Å². The van der Waals surface area contributed by atoms with E-state index in [-0.39, 0.29) is 23.2 Å². The maximum atomic E-state index is 12.5. The van der Waals surface area contributed by atoms with Gasteiger partial charge in [0.2, 0.25) is 5.91 Å². The monoisotopic (exact) mass is 333 g/mol. The molecule has 24 heavy (non-hydrogen) atoms. The molecule has 0 N–H and O–H groups in total. The van der Waals surface area contributed by atoms with Crippen LogP contribution in [0.2, 0.25) is 0 Å². The molecule has 4 nitrogen and oxygen atoms in total. The van der Waals surface area contributed by atoms with Gasteiger partial charge in [-0.1, -0.05) is 25.5 Å². The van der Waals surface area contributed by atoms with E-state index in [4.69, 9.17) is 4.74 Å². The van der Waals surface area contributed by atoms with Crippen molar-refractivity contribution in [2.75, 3.05) is 19.7 Å². The molecule has 1 heterocycles. The zero-order valence-electron chi connectivity index (χ0n) is 15.6. The molecule has 2 aliphatic rings. The summed E-state index contributed by atoms with van der Waals surface area (Å²) in [5.74, 6) is -0.121. The number of piperidine rings is 1. The maximum Gasteiger partial charge on any atom is 0.309 e. The number of rotatable bonds is 4. The highest BCUT2D eigenvalue weighted by molar-refractivity contribution is 5.88. The number of amides is 1. The predicted molar refractivity (Wildman–Crippen MR) is 95.4 cm³/mol. The fourth-order valence-corrected chi connectivity index (χ4v) is 3.87. The smallest absolute Gasteiger partial charge is 0.309 e. The van der Waals surface area contributed by atoms with Crippen molar-refractivity contribution in [2.45, 2.75) is 59.8 Å². The molecule has 0 aromatic rings. The topological polar surface area (TPSA) is 46.6 Å². The molecule has 0 atom stereocenters. The fourth-order valence-electron chi connectivity index (χ4n) is 3.87. The van der Waals surface area contributed by atoms with E-state index in [1.165, 1.54) is 24.0 Å². The highest BCUT2D eigenvalue weighted by Crippen LogP contribution is 2.40. The number of carbonyl (C=O) groups excluding carboxylic acids is 2. The fraction of sp³-hybridized carbons (Fsp3) is 0.700. The van der Waals surface area contributed by atoms with Crippen LogP contribution in [-0.4, -0.2) is 36.5 Å². The van der Waals surface area contributed by atoms with Gasteiger partial charge in [0.05, 0.1) is 12.5 Å². The summed E-state index contributed by atoms with van der Waals surface area (Å²) in [6, 6.07) is 0. The second-order valence-corrected chi connectivity index (χ2v) is 7.62. The van der Waals surface area contributed by atoms with Crippen LogP contribution in [0.15, 0.2) is 23.3 Å². The Hall–Kier alpha value is -1.58. The maximum absolute atomic E-state index is 12.5. The van der Waals surface area contributed by atoms with Gasteiger partial charge < -0.3 is 9.64 Å². The number of nitrogens with zero attached hydrogens (tertiary/aromatic N) is 1. The minimum absolute atomic E-state index is 0.0546. The Morgan fingerprint density at radius 3 is 2.54 bits per heavy atom. The van der Waals surface area contributed by atoms with Crippen LogP contribution in [0.4, 0.5) is 0 Å². The Morgan fingerprint density at radius 1 is 1.29 bits per heavy atom. The lowest BCUT2D eigenvalue weighted by Crippen LogP contribution is -2.40. The largest absolute Gasteiger partial charge is 0.466 e. The lowest BCUT2D eigenvalue weighted by Gasteiger charge is -2.33. The highest BCUT2D eigenvalue weighted by atomic mass is 16.5. The number of hydrogen-bond acceptors (Lipinski definition) is 3. The third-order valence-electron chi connectivity index (χ3n) is 5.36. The molecule has 1 amide bonds. The summed E-state index contributed by atoms with van der Waals surface area (Å²) in [7, 11) is 0. The SMILES string of the molecule is CCOC(=O)C1CCN(C(=O)C=CC2=C(C)CCCC2(C)C)CC1. The first-order valence-corrected chi connectivity index (χ1v) is 9.19. The van der Waals surface area contributed by atoms with Crippen molar-refractivity contribution >= 4 is 11.9 Å². The van der Waals surface area contributed by atoms with Gasteiger partial charge in [-0.05, 0) is 56.9 Å². The van der Waals surface area contributed by atoms with Crippen molar-refractivity contribution in [1.82, 2.24) is 4.90 Å². The summed E-state index contributed by atoms with van der Waals surface area (Å²) in [6.07, 6.45) is 8.67. The van der Waals surface area contributed by atoms with Crippen LogP contribution in [0.5, 0.6) is 0 Å². The molecule has 1 aliphatic carbocycles. The van der Waals surface area contributed by atoms with E-state index >= 15 is 0 Å². The van der Waals surface area contributed by atoms with Crippen LogP contribution in [0, 0.1) is 11.3 Å². The van der Waals surface area contributed by atoms with Crippen LogP contribution < -0.4 is 0 Å². The van der Waals surface area contributed by atoms with Crippen molar-refractivity contribution < 1.29 is 14.3 Å². The molecular weight excluding hydrogens is 302 g/mol. The van der Waals surface area contributed by atoms with Crippen molar-refractivity contribution in [3.05, 3.63) is 23.3 Å². The summed E-state index contributed by atoms with van der Waals surface area (Å²) in [5, 5.41) is 0. The van der Waals surface area contributed by atoms with Gasteiger partial charge in [-0.2, -0.15) is 0 Å². The van der Waals surface area contributed by atoms with E-state index in [9.17, 15) is 9.59 Å². The average Bonchev–Trinajstić information content (AvgIpc) is 2.54. The number of esters is 1. The zero-order valence-corrected chi connectivity index (χ0v) is 15.6. The first kappa shape index (κ1) is 18.8. The summed E-state index contributed by atoms with van der Waals surface area (Å²) in [4.78, 5) is 26.1. The Balaban J connectivity index is 1.93. The van der Waals surface area contributed by atoms with E-state index in [1.54, 1.807) is 6.08 Å². The second-order valence-electron chi connectivity index (χ2n) is 7.62. The van der Waals surface area contributed by atoms with Gasteiger partial charge >= 0.3 is 5.97 Å². The van der Waals surface area contributed by atoms with Gasteiger partial charge in [-0.15, -0.1) is 0 Å². The van der Waals surface area contributed by atoms with Crippen LogP contribution in [0.25, 0.3) is 0 Å². The summed E-state index contributed by atoms with van der Waals surface area (Å²) in [5.41, 5.74) is 2.86. The molecule has 2 rings (SSSR count). The summed E-state index contributed by atoms with van der Waals surface area (Å²) >= 11 is 0. The van der Waals surface area contributed by atoms with E-state index in [0.29, 0.717) is 32.5 Å². The summed E-state index contributed by atoms with van der Waals surface area (Å²) in [6.45, 7) is 10.2. The molecule has 1 fully saturated rings. The molecule has 4 heteroatoms. The van der Waals surface area contributed by atoms with Gasteiger partial charge in [0.15, 0.2) is 0 Å². The molecule has 0 radical (unpaired) electrons. The van der Waals surface area contributed by atoms with Crippen molar-refractivity contribution in [2.24, 2.45) is 11.3 Å². The number of likely N-dealkylation sites (tertiary alicyclic amines) is 1. The molecule has 0 aromatic carbocycles. The van der Waals surface area contributed by atoms with E-state index in [0.717, 1.165) is 6.42 Å². The molecule has 1 saturated heterocycles. The number of allylic oxidation sites excluding steroid dienone is 3. The first-order chi connectivity index (χ1) is 11.3. The summed E-state index contributed by atoms with van der Waals surface area (Å²) < 4.78 is 5.08. The third kappa shape index (κ3) is 4.49. The van der Waals surface area contributed by atoms with Crippen molar-refractivity contribution in [3.63, 3.8) is 0 Å². The number of hydrogen-bond donors (Lipinski definition) is 0. The number of ether oxygens (including phenoxy) is 1. The van der Waals surface area contributed by atoms with Crippen LogP contribution in [0.3, 0.4) is 0 Å². The molecule has 1 aliphatic heterocycles. The van der Waals surface area contributed by atoms with Gasteiger partial charge in [0.25, 0.3) is 0 Å². The van der Waals surface area contributed by atoms with Gasteiger partial charge in [-0.25, -0.2) is 0 Å². The molecule has 0 spiro atoms. The molecule has 134 valence electrons.